The van der Waals surface area contributed by atoms with Crippen LogP contribution in [-0.4, -0.2) is 12.6 Å². The molecule has 70 valence electrons. The number of hydrogen-bond donors (Lipinski definition) is 1. The highest BCUT2D eigenvalue weighted by Gasteiger charge is 2.19. The molecule has 0 aromatic heterocycles. The Balaban J connectivity index is 2.31. The number of fused-ring (bicyclic) bond motifs is 1. The molecule has 13 heavy (non-hydrogen) atoms. The van der Waals surface area contributed by atoms with Crippen molar-refractivity contribution in [1.29, 1.82) is 0 Å². The summed E-state index contributed by atoms with van der Waals surface area (Å²) < 4.78 is 18.5. The van der Waals surface area contributed by atoms with Crippen LogP contribution in [0.15, 0.2) is 18.2 Å². The lowest BCUT2D eigenvalue weighted by molar-refractivity contribution is 0.268. The van der Waals surface area contributed by atoms with Gasteiger partial charge < -0.3 is 10.1 Å². The maximum Gasteiger partial charge on any atom is 0.178 e. The standard InChI is InChI=1S/C10H12FNO/c1-2-7-6-13-10-8(11)4-3-5-9(10)12-7/h3-5,7,12H,2,6H2,1H3. The lowest BCUT2D eigenvalue weighted by Gasteiger charge is -2.26. The fourth-order valence-corrected chi connectivity index (χ4v) is 1.43. The number of para-hydroxylation sites is 1. The minimum atomic E-state index is -0.292. The number of halogens is 1. The quantitative estimate of drug-likeness (QED) is 0.718. The van der Waals surface area contributed by atoms with Gasteiger partial charge in [0.1, 0.15) is 6.61 Å². The molecule has 3 heteroatoms. The number of benzene rings is 1. The van der Waals surface area contributed by atoms with Crippen molar-refractivity contribution in [2.75, 3.05) is 11.9 Å². The molecule has 2 rings (SSSR count). The highest BCUT2D eigenvalue weighted by molar-refractivity contribution is 5.58. The van der Waals surface area contributed by atoms with Crippen molar-refractivity contribution in [1.82, 2.24) is 0 Å². The van der Waals surface area contributed by atoms with E-state index in [1.54, 1.807) is 6.07 Å². The summed E-state index contributed by atoms with van der Waals surface area (Å²) in [6.07, 6.45) is 0.982. The van der Waals surface area contributed by atoms with Crippen LogP contribution in [0.4, 0.5) is 10.1 Å². The zero-order valence-electron chi connectivity index (χ0n) is 7.51. The topological polar surface area (TPSA) is 21.3 Å². The fraction of sp³-hybridized carbons (Fsp3) is 0.400. The predicted octanol–water partition coefficient (Wildman–Crippen LogP) is 2.41. The molecule has 1 atom stereocenters. The summed E-state index contributed by atoms with van der Waals surface area (Å²) in [5.74, 6) is 0.0618. The third-order valence-corrected chi connectivity index (χ3v) is 2.25. The van der Waals surface area contributed by atoms with E-state index in [2.05, 4.69) is 12.2 Å². The predicted molar refractivity (Wildman–Crippen MR) is 49.6 cm³/mol. The molecule has 1 aliphatic heterocycles. The molecule has 0 spiro atoms. The van der Waals surface area contributed by atoms with Crippen LogP contribution in [-0.2, 0) is 0 Å². The van der Waals surface area contributed by atoms with Crippen molar-refractivity contribution in [3.63, 3.8) is 0 Å². The van der Waals surface area contributed by atoms with Crippen LogP contribution in [0, 0.1) is 5.82 Å². The zero-order chi connectivity index (χ0) is 9.26. The Labute approximate surface area is 76.7 Å². The fourth-order valence-electron chi connectivity index (χ4n) is 1.43. The van der Waals surface area contributed by atoms with Crippen LogP contribution in [0.1, 0.15) is 13.3 Å². The molecule has 0 aliphatic carbocycles. The highest BCUT2D eigenvalue weighted by Crippen LogP contribution is 2.31. The number of nitrogens with one attached hydrogen (secondary N) is 1. The Bertz CT molecular complexity index is 314. The van der Waals surface area contributed by atoms with Gasteiger partial charge in [0, 0.05) is 0 Å². The SMILES string of the molecule is CCC1COc2c(F)cccc2N1. The summed E-state index contributed by atoms with van der Waals surface area (Å²) in [5, 5.41) is 3.22. The molecule has 1 unspecified atom stereocenters. The van der Waals surface area contributed by atoms with Gasteiger partial charge in [-0.25, -0.2) is 4.39 Å². The van der Waals surface area contributed by atoms with Gasteiger partial charge in [-0.3, -0.25) is 0 Å². The maximum atomic E-state index is 13.1. The molecule has 1 heterocycles. The van der Waals surface area contributed by atoms with E-state index in [9.17, 15) is 4.39 Å². The Morgan fingerprint density at radius 2 is 2.46 bits per heavy atom. The Morgan fingerprint density at radius 3 is 3.23 bits per heavy atom. The van der Waals surface area contributed by atoms with Crippen molar-refractivity contribution in [2.45, 2.75) is 19.4 Å². The van der Waals surface area contributed by atoms with Gasteiger partial charge >= 0.3 is 0 Å². The number of anilines is 1. The molecule has 0 saturated heterocycles. The summed E-state index contributed by atoms with van der Waals surface area (Å²) >= 11 is 0. The van der Waals surface area contributed by atoms with Crippen LogP contribution < -0.4 is 10.1 Å². The summed E-state index contributed by atoms with van der Waals surface area (Å²) in [5.41, 5.74) is 0.762. The van der Waals surface area contributed by atoms with E-state index in [0.29, 0.717) is 18.4 Å². The molecule has 0 fully saturated rings. The van der Waals surface area contributed by atoms with Crippen molar-refractivity contribution in [3.8, 4) is 5.75 Å². The minimum Gasteiger partial charge on any atom is -0.486 e. The molecule has 1 N–H and O–H groups in total. The van der Waals surface area contributed by atoms with Crippen molar-refractivity contribution in [2.24, 2.45) is 0 Å². The average Bonchev–Trinajstić information content (AvgIpc) is 2.18. The number of ether oxygens (including phenoxy) is 1. The first-order valence-corrected chi connectivity index (χ1v) is 4.49. The van der Waals surface area contributed by atoms with E-state index < -0.39 is 0 Å². The van der Waals surface area contributed by atoms with Gasteiger partial charge in [0.25, 0.3) is 0 Å². The smallest absolute Gasteiger partial charge is 0.178 e. The molecule has 0 saturated carbocycles. The van der Waals surface area contributed by atoms with Crippen LogP contribution in [0.3, 0.4) is 0 Å². The molecule has 1 aromatic carbocycles. The van der Waals surface area contributed by atoms with E-state index in [-0.39, 0.29) is 5.82 Å². The largest absolute Gasteiger partial charge is 0.486 e. The van der Waals surface area contributed by atoms with Gasteiger partial charge in [-0.2, -0.15) is 0 Å². The summed E-state index contributed by atoms with van der Waals surface area (Å²) in [7, 11) is 0. The minimum absolute atomic E-state index is 0.292. The van der Waals surface area contributed by atoms with Crippen LogP contribution in [0.5, 0.6) is 5.75 Å². The third-order valence-electron chi connectivity index (χ3n) is 2.25. The normalized spacial score (nSPS) is 20.0. The van der Waals surface area contributed by atoms with Crippen molar-refractivity contribution >= 4 is 5.69 Å². The second kappa shape index (κ2) is 3.24. The molecule has 0 bridgehead atoms. The van der Waals surface area contributed by atoms with E-state index in [1.807, 2.05) is 6.07 Å². The van der Waals surface area contributed by atoms with Gasteiger partial charge in [0.15, 0.2) is 11.6 Å². The molecule has 0 radical (unpaired) electrons. The van der Waals surface area contributed by atoms with E-state index in [1.165, 1.54) is 6.07 Å². The zero-order valence-corrected chi connectivity index (χ0v) is 7.51. The van der Waals surface area contributed by atoms with Crippen molar-refractivity contribution in [3.05, 3.63) is 24.0 Å². The Morgan fingerprint density at radius 1 is 1.62 bits per heavy atom. The van der Waals surface area contributed by atoms with E-state index in [0.717, 1.165) is 12.1 Å². The van der Waals surface area contributed by atoms with Crippen LogP contribution >= 0.6 is 0 Å². The third kappa shape index (κ3) is 1.46. The van der Waals surface area contributed by atoms with Gasteiger partial charge in [0.2, 0.25) is 0 Å². The Hall–Kier alpha value is -1.25. The van der Waals surface area contributed by atoms with Gasteiger partial charge in [0.05, 0.1) is 11.7 Å². The maximum absolute atomic E-state index is 13.1. The number of rotatable bonds is 1. The first-order valence-electron chi connectivity index (χ1n) is 4.49. The second-order valence-corrected chi connectivity index (χ2v) is 3.18. The monoisotopic (exact) mass is 181 g/mol. The lowest BCUT2D eigenvalue weighted by Crippen LogP contribution is -2.30. The second-order valence-electron chi connectivity index (χ2n) is 3.18. The molecule has 0 amide bonds. The first-order chi connectivity index (χ1) is 6.31. The van der Waals surface area contributed by atoms with E-state index in [4.69, 9.17) is 4.74 Å². The molecule has 2 nitrogen and oxygen atoms in total. The first kappa shape index (κ1) is 8.35. The molecular formula is C10H12FNO. The number of hydrogen-bond acceptors (Lipinski definition) is 2. The summed E-state index contributed by atoms with van der Waals surface area (Å²) in [6.45, 7) is 2.62. The molecule has 1 aromatic rings. The molecule has 1 aliphatic rings. The van der Waals surface area contributed by atoms with Gasteiger partial charge in [-0.1, -0.05) is 13.0 Å². The summed E-state index contributed by atoms with van der Waals surface area (Å²) in [6, 6.07) is 5.23. The van der Waals surface area contributed by atoms with E-state index >= 15 is 0 Å². The van der Waals surface area contributed by atoms with Crippen molar-refractivity contribution < 1.29 is 9.13 Å². The van der Waals surface area contributed by atoms with Gasteiger partial charge in [-0.15, -0.1) is 0 Å². The highest BCUT2D eigenvalue weighted by atomic mass is 19.1. The summed E-state index contributed by atoms with van der Waals surface area (Å²) in [4.78, 5) is 0. The van der Waals surface area contributed by atoms with Gasteiger partial charge in [-0.05, 0) is 18.6 Å². The lowest BCUT2D eigenvalue weighted by atomic mass is 10.1. The Kier molecular flexibility index (Phi) is 2.08. The van der Waals surface area contributed by atoms with Crippen LogP contribution in [0.25, 0.3) is 0 Å². The average molecular weight is 181 g/mol. The molecular weight excluding hydrogens is 169 g/mol. The van der Waals surface area contributed by atoms with Crippen LogP contribution in [0.2, 0.25) is 0 Å².